The Kier molecular flexibility index (Phi) is 1.99. The molecule has 1 saturated carbocycles. The molecule has 0 bridgehead atoms. The molecule has 2 nitrogen and oxygen atoms in total. The van der Waals surface area contributed by atoms with E-state index in [4.69, 9.17) is 10.8 Å². The maximum absolute atomic E-state index is 7.87. The average molecular weight is 186 g/mol. The van der Waals surface area contributed by atoms with Crippen LogP contribution in [-0.4, -0.2) is 11.4 Å². The van der Waals surface area contributed by atoms with Gasteiger partial charge in [-0.05, 0) is 24.5 Å². The molecule has 2 atom stereocenters. The standard InChI is InChI=1S/C12H14N2/c1-7-3-5-9(13)12-10(14)6-4-8(2)11(7)12/h3,5,11-14H,1-2,4,6H2. The van der Waals surface area contributed by atoms with Crippen LogP contribution in [0.2, 0.25) is 0 Å². The largest absolute Gasteiger partial charge is 0.309 e. The highest BCUT2D eigenvalue weighted by Crippen LogP contribution is 2.39. The lowest BCUT2D eigenvalue weighted by Crippen LogP contribution is -2.37. The predicted octanol–water partition coefficient (Wildman–Crippen LogP) is 2.73. The quantitative estimate of drug-likeness (QED) is 0.546. The van der Waals surface area contributed by atoms with E-state index in [9.17, 15) is 0 Å². The summed E-state index contributed by atoms with van der Waals surface area (Å²) < 4.78 is 0. The molecular formula is C12H14N2. The van der Waals surface area contributed by atoms with Gasteiger partial charge in [0.05, 0.1) is 0 Å². The molecule has 1 fully saturated rings. The minimum atomic E-state index is -0.0752. The number of rotatable bonds is 0. The zero-order chi connectivity index (χ0) is 10.3. The van der Waals surface area contributed by atoms with E-state index < -0.39 is 0 Å². The SMILES string of the molecule is C=C1C=CC(=N)C2C(=N)CCC(=C)C12. The van der Waals surface area contributed by atoms with Crippen LogP contribution in [0, 0.1) is 22.7 Å². The van der Waals surface area contributed by atoms with Crippen molar-refractivity contribution in [2.24, 2.45) is 11.8 Å². The lowest BCUT2D eigenvalue weighted by molar-refractivity contribution is 0.595. The summed E-state index contributed by atoms with van der Waals surface area (Å²) in [7, 11) is 0. The lowest BCUT2D eigenvalue weighted by Gasteiger charge is -2.36. The van der Waals surface area contributed by atoms with Crippen molar-refractivity contribution in [1.82, 2.24) is 0 Å². The fourth-order valence-corrected chi connectivity index (χ4v) is 2.29. The van der Waals surface area contributed by atoms with Crippen LogP contribution in [-0.2, 0) is 0 Å². The van der Waals surface area contributed by atoms with Crippen LogP contribution < -0.4 is 0 Å². The molecule has 0 aromatic rings. The van der Waals surface area contributed by atoms with Crippen molar-refractivity contribution >= 4 is 11.4 Å². The highest BCUT2D eigenvalue weighted by Gasteiger charge is 2.36. The van der Waals surface area contributed by atoms with Gasteiger partial charge in [0.15, 0.2) is 0 Å². The highest BCUT2D eigenvalue weighted by atomic mass is 14.6. The number of nitrogens with one attached hydrogen (secondary N) is 2. The first-order chi connectivity index (χ1) is 6.61. The number of hydrogen-bond donors (Lipinski definition) is 2. The van der Waals surface area contributed by atoms with Crippen molar-refractivity contribution in [3.63, 3.8) is 0 Å². The van der Waals surface area contributed by atoms with E-state index in [2.05, 4.69) is 13.2 Å². The van der Waals surface area contributed by atoms with Gasteiger partial charge in [0.1, 0.15) is 0 Å². The lowest BCUT2D eigenvalue weighted by atomic mass is 9.67. The molecule has 2 aliphatic carbocycles. The summed E-state index contributed by atoms with van der Waals surface area (Å²) in [5.41, 5.74) is 3.33. The molecule has 2 aliphatic rings. The van der Waals surface area contributed by atoms with Crippen LogP contribution in [0.25, 0.3) is 0 Å². The molecule has 14 heavy (non-hydrogen) atoms. The molecular weight excluding hydrogens is 172 g/mol. The molecule has 72 valence electrons. The van der Waals surface area contributed by atoms with Crippen molar-refractivity contribution in [2.75, 3.05) is 0 Å². The van der Waals surface area contributed by atoms with Gasteiger partial charge in [0, 0.05) is 23.3 Å². The smallest absolute Gasteiger partial charge is 0.0488 e. The Balaban J connectivity index is 2.45. The monoisotopic (exact) mass is 186 g/mol. The van der Waals surface area contributed by atoms with Crippen LogP contribution in [0.15, 0.2) is 36.5 Å². The van der Waals surface area contributed by atoms with Gasteiger partial charge in [-0.1, -0.05) is 24.8 Å². The van der Waals surface area contributed by atoms with Gasteiger partial charge in [0.25, 0.3) is 0 Å². The minimum Gasteiger partial charge on any atom is -0.309 e. The second-order valence-corrected chi connectivity index (χ2v) is 4.00. The summed E-state index contributed by atoms with van der Waals surface area (Å²) in [6, 6.07) is 0. The molecule has 0 heterocycles. The van der Waals surface area contributed by atoms with Gasteiger partial charge >= 0.3 is 0 Å². The first-order valence-corrected chi connectivity index (χ1v) is 4.81. The third kappa shape index (κ3) is 1.18. The minimum absolute atomic E-state index is 0.0752. The van der Waals surface area contributed by atoms with Gasteiger partial charge in [0.2, 0.25) is 0 Å². The molecule has 0 amide bonds. The third-order valence-electron chi connectivity index (χ3n) is 3.08. The van der Waals surface area contributed by atoms with Crippen molar-refractivity contribution in [2.45, 2.75) is 12.8 Å². The summed E-state index contributed by atoms with van der Waals surface area (Å²) in [5.74, 6) is 0.0440. The van der Waals surface area contributed by atoms with Crippen LogP contribution in [0.1, 0.15) is 12.8 Å². The Labute approximate surface area is 84.0 Å². The molecule has 0 aromatic heterocycles. The Morgan fingerprint density at radius 3 is 2.43 bits per heavy atom. The molecule has 0 saturated heterocycles. The summed E-state index contributed by atoms with van der Waals surface area (Å²) in [4.78, 5) is 0. The number of hydrogen-bond acceptors (Lipinski definition) is 2. The van der Waals surface area contributed by atoms with Crippen LogP contribution >= 0.6 is 0 Å². The Hall–Kier alpha value is -1.44. The fourth-order valence-electron chi connectivity index (χ4n) is 2.29. The first-order valence-electron chi connectivity index (χ1n) is 4.81. The van der Waals surface area contributed by atoms with Crippen molar-refractivity contribution in [3.8, 4) is 0 Å². The number of fused-ring (bicyclic) bond motifs is 1. The molecule has 0 aromatic carbocycles. The molecule has 2 rings (SSSR count). The van der Waals surface area contributed by atoms with E-state index in [0.29, 0.717) is 11.4 Å². The van der Waals surface area contributed by atoms with E-state index in [-0.39, 0.29) is 11.8 Å². The molecule has 2 N–H and O–H groups in total. The maximum atomic E-state index is 7.87. The van der Waals surface area contributed by atoms with Crippen molar-refractivity contribution < 1.29 is 0 Å². The third-order valence-corrected chi connectivity index (χ3v) is 3.08. The molecule has 0 aliphatic heterocycles. The van der Waals surface area contributed by atoms with Crippen molar-refractivity contribution in [3.05, 3.63) is 36.5 Å². The molecule has 0 radical (unpaired) electrons. The Morgan fingerprint density at radius 2 is 1.79 bits per heavy atom. The maximum Gasteiger partial charge on any atom is 0.0488 e. The van der Waals surface area contributed by atoms with Crippen LogP contribution in [0.4, 0.5) is 0 Å². The number of allylic oxidation sites excluding steroid dienone is 4. The summed E-state index contributed by atoms with van der Waals surface area (Å²) in [6.45, 7) is 8.01. The molecule has 0 spiro atoms. The van der Waals surface area contributed by atoms with Crippen LogP contribution in [0.3, 0.4) is 0 Å². The Morgan fingerprint density at radius 1 is 1.07 bits per heavy atom. The highest BCUT2D eigenvalue weighted by molar-refractivity contribution is 6.12. The predicted molar refractivity (Wildman–Crippen MR) is 59.1 cm³/mol. The van der Waals surface area contributed by atoms with Crippen molar-refractivity contribution in [1.29, 1.82) is 10.8 Å². The van der Waals surface area contributed by atoms with E-state index in [1.165, 1.54) is 0 Å². The van der Waals surface area contributed by atoms with Gasteiger partial charge in [-0.25, -0.2) is 0 Å². The Bertz CT molecular complexity index is 338. The van der Waals surface area contributed by atoms with E-state index in [1.54, 1.807) is 6.08 Å². The van der Waals surface area contributed by atoms with Gasteiger partial charge in [-0.3, -0.25) is 0 Å². The molecule has 2 heteroatoms. The zero-order valence-corrected chi connectivity index (χ0v) is 8.14. The fraction of sp³-hybridized carbons (Fsp3) is 0.333. The summed E-state index contributed by atoms with van der Waals surface area (Å²) >= 11 is 0. The second kappa shape index (κ2) is 3.05. The topological polar surface area (TPSA) is 47.7 Å². The van der Waals surface area contributed by atoms with Crippen LogP contribution in [0.5, 0.6) is 0 Å². The first kappa shape index (κ1) is 9.13. The van der Waals surface area contributed by atoms with E-state index in [0.717, 1.165) is 24.0 Å². The normalized spacial score (nSPS) is 32.0. The summed E-state index contributed by atoms with van der Waals surface area (Å²) in [5, 5.41) is 15.7. The average Bonchev–Trinajstić information content (AvgIpc) is 2.16. The van der Waals surface area contributed by atoms with Gasteiger partial charge < -0.3 is 10.8 Å². The van der Waals surface area contributed by atoms with Gasteiger partial charge in [-0.2, -0.15) is 0 Å². The summed E-state index contributed by atoms with van der Waals surface area (Å²) in [6.07, 6.45) is 5.27. The molecule has 2 unspecified atom stereocenters. The van der Waals surface area contributed by atoms with E-state index >= 15 is 0 Å². The van der Waals surface area contributed by atoms with E-state index in [1.807, 2.05) is 6.08 Å². The van der Waals surface area contributed by atoms with Gasteiger partial charge in [-0.15, -0.1) is 0 Å². The zero-order valence-electron chi connectivity index (χ0n) is 8.14. The second-order valence-electron chi connectivity index (χ2n) is 4.00.